The van der Waals surface area contributed by atoms with Crippen molar-refractivity contribution in [2.24, 2.45) is 11.8 Å². The Kier molecular flexibility index (Phi) is 6.18. The molecule has 0 bridgehead atoms. The van der Waals surface area contributed by atoms with Gasteiger partial charge in [0, 0.05) is 24.9 Å². The lowest BCUT2D eigenvalue weighted by Gasteiger charge is -2.34. The Morgan fingerprint density at radius 1 is 1.35 bits per heavy atom. The molecule has 0 aromatic heterocycles. The van der Waals surface area contributed by atoms with Gasteiger partial charge in [0.2, 0.25) is 0 Å². The third kappa shape index (κ3) is 4.09. The van der Waals surface area contributed by atoms with E-state index in [2.05, 4.69) is 32.6 Å². The van der Waals surface area contributed by atoms with E-state index in [0.29, 0.717) is 17.7 Å². The molecule has 17 heavy (non-hydrogen) atoms. The fraction of sp³-hybridized carbons (Fsp3) is 0.933. The summed E-state index contributed by atoms with van der Waals surface area (Å²) in [5.41, 5.74) is 0. The molecule has 1 aliphatic rings. The SMILES string of the molecule is CCC1CCC(=O)C(CN(CC)C(C)CC)C1. The maximum Gasteiger partial charge on any atom is 0.137 e. The minimum atomic E-state index is 0.308. The molecule has 1 rings (SSSR count). The van der Waals surface area contributed by atoms with Crippen LogP contribution in [0.1, 0.15) is 59.8 Å². The second-order valence-electron chi connectivity index (χ2n) is 5.56. The fourth-order valence-electron chi connectivity index (χ4n) is 2.91. The van der Waals surface area contributed by atoms with Gasteiger partial charge in [-0.2, -0.15) is 0 Å². The number of rotatable bonds is 6. The summed E-state index contributed by atoms with van der Waals surface area (Å²) in [5, 5.41) is 0. The third-order valence-electron chi connectivity index (χ3n) is 4.52. The van der Waals surface area contributed by atoms with E-state index in [-0.39, 0.29) is 0 Å². The van der Waals surface area contributed by atoms with Crippen LogP contribution >= 0.6 is 0 Å². The highest BCUT2D eigenvalue weighted by Crippen LogP contribution is 2.29. The predicted octanol–water partition coefficient (Wildman–Crippen LogP) is 3.50. The smallest absolute Gasteiger partial charge is 0.137 e. The van der Waals surface area contributed by atoms with Crippen LogP contribution in [0.4, 0.5) is 0 Å². The van der Waals surface area contributed by atoms with Gasteiger partial charge in [0.25, 0.3) is 0 Å². The Morgan fingerprint density at radius 2 is 2.06 bits per heavy atom. The van der Waals surface area contributed by atoms with Gasteiger partial charge >= 0.3 is 0 Å². The second-order valence-corrected chi connectivity index (χ2v) is 5.56. The molecule has 0 aliphatic heterocycles. The number of nitrogens with zero attached hydrogens (tertiary/aromatic N) is 1. The van der Waals surface area contributed by atoms with E-state index in [1.54, 1.807) is 0 Å². The van der Waals surface area contributed by atoms with Gasteiger partial charge < -0.3 is 4.90 Å². The number of Topliss-reactive ketones (excluding diaryl/α,β-unsaturated/α-hetero) is 1. The first-order chi connectivity index (χ1) is 8.12. The molecule has 0 saturated heterocycles. The van der Waals surface area contributed by atoms with Crippen molar-refractivity contribution in [3.05, 3.63) is 0 Å². The van der Waals surface area contributed by atoms with E-state index in [4.69, 9.17) is 0 Å². The number of hydrogen-bond donors (Lipinski definition) is 0. The maximum absolute atomic E-state index is 12.0. The van der Waals surface area contributed by atoms with Crippen molar-refractivity contribution in [1.29, 1.82) is 0 Å². The monoisotopic (exact) mass is 239 g/mol. The highest BCUT2D eigenvalue weighted by Gasteiger charge is 2.29. The lowest BCUT2D eigenvalue weighted by molar-refractivity contribution is -0.126. The van der Waals surface area contributed by atoms with Crippen LogP contribution in [0.5, 0.6) is 0 Å². The van der Waals surface area contributed by atoms with Crippen LogP contribution < -0.4 is 0 Å². The van der Waals surface area contributed by atoms with Crippen molar-refractivity contribution in [1.82, 2.24) is 4.90 Å². The van der Waals surface area contributed by atoms with Crippen LogP contribution in [0.3, 0.4) is 0 Å². The lowest BCUT2D eigenvalue weighted by Crippen LogP contribution is -2.40. The molecule has 1 fully saturated rings. The van der Waals surface area contributed by atoms with Crippen LogP contribution in [-0.4, -0.2) is 29.8 Å². The van der Waals surface area contributed by atoms with Gasteiger partial charge in [-0.1, -0.05) is 27.2 Å². The molecule has 2 nitrogen and oxygen atoms in total. The minimum absolute atomic E-state index is 0.308. The van der Waals surface area contributed by atoms with Gasteiger partial charge in [-0.05, 0) is 38.6 Å². The Morgan fingerprint density at radius 3 is 2.59 bits per heavy atom. The van der Waals surface area contributed by atoms with Gasteiger partial charge in [-0.3, -0.25) is 4.79 Å². The number of hydrogen-bond acceptors (Lipinski definition) is 2. The lowest BCUT2D eigenvalue weighted by atomic mass is 9.79. The summed E-state index contributed by atoms with van der Waals surface area (Å²) in [5.74, 6) is 1.60. The van der Waals surface area contributed by atoms with Gasteiger partial charge in [-0.15, -0.1) is 0 Å². The van der Waals surface area contributed by atoms with Crippen molar-refractivity contribution in [3.8, 4) is 0 Å². The third-order valence-corrected chi connectivity index (χ3v) is 4.52. The highest BCUT2D eigenvalue weighted by molar-refractivity contribution is 5.81. The summed E-state index contributed by atoms with van der Waals surface area (Å²) in [6.07, 6.45) is 5.48. The van der Waals surface area contributed by atoms with Crippen molar-refractivity contribution in [2.45, 2.75) is 65.8 Å². The Bertz CT molecular complexity index is 239. The molecule has 0 N–H and O–H groups in total. The molecule has 100 valence electrons. The van der Waals surface area contributed by atoms with Crippen molar-refractivity contribution in [2.75, 3.05) is 13.1 Å². The largest absolute Gasteiger partial charge is 0.300 e. The van der Waals surface area contributed by atoms with Crippen LogP contribution in [0, 0.1) is 11.8 Å². The molecule has 3 atom stereocenters. The fourth-order valence-corrected chi connectivity index (χ4v) is 2.91. The molecule has 0 amide bonds. The van der Waals surface area contributed by atoms with E-state index in [9.17, 15) is 4.79 Å². The Balaban J connectivity index is 2.54. The van der Waals surface area contributed by atoms with Crippen LogP contribution in [0.2, 0.25) is 0 Å². The predicted molar refractivity (Wildman–Crippen MR) is 73.1 cm³/mol. The van der Waals surface area contributed by atoms with Gasteiger partial charge in [0.05, 0.1) is 0 Å². The zero-order valence-corrected chi connectivity index (χ0v) is 12.0. The molecule has 2 heteroatoms. The van der Waals surface area contributed by atoms with Crippen LogP contribution in [0.15, 0.2) is 0 Å². The van der Waals surface area contributed by atoms with E-state index >= 15 is 0 Å². The zero-order chi connectivity index (χ0) is 12.8. The summed E-state index contributed by atoms with van der Waals surface area (Å²) >= 11 is 0. The average molecular weight is 239 g/mol. The number of carbonyl (C=O) groups excluding carboxylic acids is 1. The van der Waals surface area contributed by atoms with Crippen molar-refractivity contribution < 1.29 is 4.79 Å². The average Bonchev–Trinajstić information content (AvgIpc) is 2.36. The summed E-state index contributed by atoms with van der Waals surface area (Å²) in [6, 6.07) is 0.606. The van der Waals surface area contributed by atoms with Crippen LogP contribution in [-0.2, 0) is 4.79 Å². The van der Waals surface area contributed by atoms with E-state index in [0.717, 1.165) is 38.3 Å². The molecule has 0 heterocycles. The first kappa shape index (κ1) is 14.7. The summed E-state index contributed by atoms with van der Waals surface area (Å²) in [6.45, 7) is 11.0. The van der Waals surface area contributed by atoms with E-state index in [1.807, 2.05) is 0 Å². The maximum atomic E-state index is 12.0. The first-order valence-corrected chi connectivity index (χ1v) is 7.39. The highest BCUT2D eigenvalue weighted by atomic mass is 16.1. The molecular weight excluding hydrogens is 210 g/mol. The standard InChI is InChI=1S/C15H29NO/c1-5-12(4)16(7-3)11-14-10-13(6-2)8-9-15(14)17/h12-14H,5-11H2,1-4H3. The minimum Gasteiger partial charge on any atom is -0.300 e. The number of ketones is 1. The number of carbonyl (C=O) groups is 1. The Hall–Kier alpha value is -0.370. The normalized spacial score (nSPS) is 27.5. The topological polar surface area (TPSA) is 20.3 Å². The molecule has 1 saturated carbocycles. The Labute approximate surface area is 107 Å². The van der Waals surface area contributed by atoms with Crippen LogP contribution in [0.25, 0.3) is 0 Å². The van der Waals surface area contributed by atoms with Crippen molar-refractivity contribution >= 4 is 5.78 Å². The molecular formula is C15H29NO. The van der Waals surface area contributed by atoms with Crippen molar-refractivity contribution in [3.63, 3.8) is 0 Å². The van der Waals surface area contributed by atoms with Gasteiger partial charge in [0.1, 0.15) is 5.78 Å². The quantitative estimate of drug-likeness (QED) is 0.707. The second kappa shape index (κ2) is 7.15. The summed E-state index contributed by atoms with van der Waals surface area (Å²) in [4.78, 5) is 14.5. The molecule has 0 spiro atoms. The molecule has 0 aromatic carbocycles. The zero-order valence-electron chi connectivity index (χ0n) is 12.0. The van der Waals surface area contributed by atoms with E-state index < -0.39 is 0 Å². The molecule has 1 aliphatic carbocycles. The molecule has 0 radical (unpaired) electrons. The molecule has 3 unspecified atom stereocenters. The summed E-state index contributed by atoms with van der Waals surface area (Å²) in [7, 11) is 0. The van der Waals surface area contributed by atoms with Gasteiger partial charge in [-0.25, -0.2) is 0 Å². The summed E-state index contributed by atoms with van der Waals surface area (Å²) < 4.78 is 0. The molecule has 0 aromatic rings. The van der Waals surface area contributed by atoms with E-state index in [1.165, 1.54) is 12.8 Å². The first-order valence-electron chi connectivity index (χ1n) is 7.39. The van der Waals surface area contributed by atoms with Gasteiger partial charge in [0.15, 0.2) is 0 Å².